The zero-order valence-electron chi connectivity index (χ0n) is 17.5. The number of anilines is 1. The first-order valence-electron chi connectivity index (χ1n) is 10.7. The molecule has 2 aliphatic heterocycles. The third-order valence-electron chi connectivity index (χ3n) is 5.87. The van der Waals surface area contributed by atoms with E-state index in [4.69, 9.17) is 0 Å². The van der Waals surface area contributed by atoms with Crippen molar-refractivity contribution in [2.45, 2.75) is 52.0 Å². The van der Waals surface area contributed by atoms with E-state index < -0.39 is 0 Å². The Labute approximate surface area is 172 Å². The molecule has 0 aromatic heterocycles. The molecule has 3 rings (SSSR count). The maximum absolute atomic E-state index is 12.8. The Morgan fingerprint density at radius 3 is 2.45 bits per heavy atom. The first-order chi connectivity index (χ1) is 14.0. The Morgan fingerprint density at radius 2 is 1.76 bits per heavy atom. The minimum absolute atomic E-state index is 0.0261. The molecule has 0 saturated carbocycles. The highest BCUT2D eigenvalue weighted by Gasteiger charge is 2.24. The maximum atomic E-state index is 12.8. The predicted octanol–water partition coefficient (Wildman–Crippen LogP) is 2.16. The van der Waals surface area contributed by atoms with Crippen molar-refractivity contribution in [3.8, 4) is 0 Å². The van der Waals surface area contributed by atoms with E-state index in [1.807, 2.05) is 30.0 Å². The quantitative estimate of drug-likeness (QED) is 0.767. The number of nitrogens with zero attached hydrogens (tertiary/aromatic N) is 2. The van der Waals surface area contributed by atoms with Crippen LogP contribution in [-0.4, -0.2) is 66.3 Å². The van der Waals surface area contributed by atoms with Gasteiger partial charge in [0.25, 0.3) is 5.91 Å². The number of hydrogen-bond acceptors (Lipinski definition) is 4. The molecule has 2 fully saturated rings. The third-order valence-corrected chi connectivity index (χ3v) is 5.87. The number of amides is 3. The number of piperidine rings is 1. The summed E-state index contributed by atoms with van der Waals surface area (Å²) in [6.07, 6.45) is 5.37. The average Bonchev–Trinajstić information content (AvgIpc) is 3.26. The first-order valence-corrected chi connectivity index (χ1v) is 10.7. The topological polar surface area (TPSA) is 81.8 Å². The first kappa shape index (κ1) is 21.1. The molecule has 7 heteroatoms. The molecule has 7 nitrogen and oxygen atoms in total. The molecule has 1 atom stereocenters. The number of aryl methyl sites for hydroxylation is 1. The Balaban J connectivity index is 1.49. The minimum Gasteiger partial charge on any atom is -0.376 e. The maximum Gasteiger partial charge on any atom is 0.254 e. The van der Waals surface area contributed by atoms with Crippen molar-refractivity contribution in [3.63, 3.8) is 0 Å². The van der Waals surface area contributed by atoms with Crippen molar-refractivity contribution in [3.05, 3.63) is 29.3 Å². The molecule has 158 valence electrons. The second-order valence-electron chi connectivity index (χ2n) is 8.09. The molecule has 0 aliphatic carbocycles. The molecule has 1 aromatic carbocycles. The van der Waals surface area contributed by atoms with Crippen molar-refractivity contribution in [1.29, 1.82) is 0 Å². The van der Waals surface area contributed by atoms with Gasteiger partial charge in [0.1, 0.15) is 0 Å². The summed E-state index contributed by atoms with van der Waals surface area (Å²) < 4.78 is 0. The summed E-state index contributed by atoms with van der Waals surface area (Å²) in [7, 11) is 0. The lowest BCUT2D eigenvalue weighted by Gasteiger charge is -2.33. The number of carbonyl (C=O) groups is 3. The van der Waals surface area contributed by atoms with E-state index in [0.717, 1.165) is 56.6 Å². The number of benzene rings is 1. The van der Waals surface area contributed by atoms with Gasteiger partial charge in [0.2, 0.25) is 11.8 Å². The summed E-state index contributed by atoms with van der Waals surface area (Å²) in [5, 5.41) is 5.77. The number of likely N-dealkylation sites (tertiary alicyclic amines) is 2. The van der Waals surface area contributed by atoms with E-state index in [0.29, 0.717) is 5.56 Å². The lowest BCUT2D eigenvalue weighted by Crippen LogP contribution is -2.42. The van der Waals surface area contributed by atoms with E-state index in [-0.39, 0.29) is 36.9 Å². The normalized spacial score (nSPS) is 19.2. The smallest absolute Gasteiger partial charge is 0.254 e. The summed E-state index contributed by atoms with van der Waals surface area (Å²) in [5.74, 6) is -0.175. The largest absolute Gasteiger partial charge is 0.376 e. The van der Waals surface area contributed by atoms with Crippen LogP contribution >= 0.6 is 0 Å². The number of hydrogen-bond donors (Lipinski definition) is 2. The SMILES string of the molecule is Cc1cc(C(=O)N2CCCCC2C)ccc1NCC(=O)NCC(=O)N1CCCC1. The van der Waals surface area contributed by atoms with Crippen LogP contribution < -0.4 is 10.6 Å². The second kappa shape index (κ2) is 9.76. The van der Waals surface area contributed by atoms with E-state index >= 15 is 0 Å². The van der Waals surface area contributed by atoms with Gasteiger partial charge in [-0.25, -0.2) is 0 Å². The number of nitrogens with one attached hydrogen (secondary N) is 2. The van der Waals surface area contributed by atoms with Crippen molar-refractivity contribution >= 4 is 23.4 Å². The van der Waals surface area contributed by atoms with Gasteiger partial charge in [-0.15, -0.1) is 0 Å². The zero-order valence-corrected chi connectivity index (χ0v) is 17.5. The van der Waals surface area contributed by atoms with Gasteiger partial charge in [0, 0.05) is 36.9 Å². The number of carbonyl (C=O) groups excluding carboxylic acids is 3. The molecule has 3 amide bonds. The van der Waals surface area contributed by atoms with E-state index in [9.17, 15) is 14.4 Å². The minimum atomic E-state index is -0.223. The van der Waals surface area contributed by atoms with Crippen molar-refractivity contribution in [1.82, 2.24) is 15.1 Å². The second-order valence-corrected chi connectivity index (χ2v) is 8.09. The standard InChI is InChI=1S/C22H32N4O3/c1-16-13-18(22(29)26-12-4-3-7-17(26)2)8-9-19(16)23-14-20(27)24-15-21(28)25-10-5-6-11-25/h8-9,13,17,23H,3-7,10-12,14-15H2,1-2H3,(H,24,27). The highest BCUT2D eigenvalue weighted by molar-refractivity contribution is 5.95. The van der Waals surface area contributed by atoms with Crippen LogP contribution in [0.15, 0.2) is 18.2 Å². The van der Waals surface area contributed by atoms with Crippen molar-refractivity contribution < 1.29 is 14.4 Å². The van der Waals surface area contributed by atoms with Crippen LogP contribution in [0.1, 0.15) is 54.9 Å². The van der Waals surface area contributed by atoms with Crippen LogP contribution in [0.3, 0.4) is 0 Å². The summed E-state index contributed by atoms with van der Waals surface area (Å²) in [6.45, 7) is 6.54. The van der Waals surface area contributed by atoms with E-state index in [2.05, 4.69) is 17.6 Å². The van der Waals surface area contributed by atoms with Crippen LogP contribution in [0, 0.1) is 6.92 Å². The van der Waals surface area contributed by atoms with Gasteiger partial charge in [0.05, 0.1) is 13.1 Å². The highest BCUT2D eigenvalue weighted by atomic mass is 16.2. The fourth-order valence-electron chi connectivity index (χ4n) is 4.05. The molecule has 2 heterocycles. The van der Waals surface area contributed by atoms with Gasteiger partial charge in [-0.05, 0) is 69.7 Å². The number of rotatable bonds is 6. The van der Waals surface area contributed by atoms with Crippen LogP contribution in [-0.2, 0) is 9.59 Å². The summed E-state index contributed by atoms with van der Waals surface area (Å²) in [6, 6.07) is 5.82. The summed E-state index contributed by atoms with van der Waals surface area (Å²) >= 11 is 0. The van der Waals surface area contributed by atoms with Gasteiger partial charge >= 0.3 is 0 Å². The molecular formula is C22H32N4O3. The lowest BCUT2D eigenvalue weighted by molar-refractivity contribution is -0.131. The van der Waals surface area contributed by atoms with Crippen LogP contribution in [0.5, 0.6) is 0 Å². The molecule has 29 heavy (non-hydrogen) atoms. The van der Waals surface area contributed by atoms with Crippen LogP contribution in [0.2, 0.25) is 0 Å². The molecule has 2 saturated heterocycles. The van der Waals surface area contributed by atoms with Crippen molar-refractivity contribution in [2.24, 2.45) is 0 Å². The Kier molecular flexibility index (Phi) is 7.12. The fourth-order valence-corrected chi connectivity index (χ4v) is 4.05. The Bertz CT molecular complexity index is 758. The molecule has 1 unspecified atom stereocenters. The van der Waals surface area contributed by atoms with Gasteiger partial charge in [-0.1, -0.05) is 0 Å². The lowest BCUT2D eigenvalue weighted by atomic mass is 10.0. The van der Waals surface area contributed by atoms with Gasteiger partial charge in [0.15, 0.2) is 0 Å². The molecule has 2 N–H and O–H groups in total. The monoisotopic (exact) mass is 400 g/mol. The van der Waals surface area contributed by atoms with Crippen molar-refractivity contribution in [2.75, 3.05) is 38.0 Å². The van der Waals surface area contributed by atoms with Crippen LogP contribution in [0.25, 0.3) is 0 Å². The fraction of sp³-hybridized carbons (Fsp3) is 0.591. The Morgan fingerprint density at radius 1 is 1.03 bits per heavy atom. The van der Waals surface area contributed by atoms with Gasteiger partial charge in [-0.2, -0.15) is 0 Å². The summed E-state index contributed by atoms with van der Waals surface area (Å²) in [5.41, 5.74) is 2.41. The molecular weight excluding hydrogens is 368 g/mol. The molecule has 1 aromatic rings. The van der Waals surface area contributed by atoms with Gasteiger partial charge < -0.3 is 20.4 Å². The molecule has 2 aliphatic rings. The Hall–Kier alpha value is -2.57. The van der Waals surface area contributed by atoms with E-state index in [1.165, 1.54) is 6.42 Å². The highest BCUT2D eigenvalue weighted by Crippen LogP contribution is 2.22. The van der Waals surface area contributed by atoms with E-state index in [1.54, 1.807) is 4.90 Å². The zero-order chi connectivity index (χ0) is 20.8. The molecule has 0 radical (unpaired) electrons. The molecule has 0 bridgehead atoms. The average molecular weight is 401 g/mol. The third kappa shape index (κ3) is 5.49. The predicted molar refractivity (Wildman–Crippen MR) is 113 cm³/mol. The summed E-state index contributed by atoms with van der Waals surface area (Å²) in [4.78, 5) is 40.6. The van der Waals surface area contributed by atoms with Crippen LogP contribution in [0.4, 0.5) is 5.69 Å². The van der Waals surface area contributed by atoms with Gasteiger partial charge in [-0.3, -0.25) is 14.4 Å². The molecule has 0 spiro atoms.